The van der Waals surface area contributed by atoms with Gasteiger partial charge in [-0.25, -0.2) is 4.79 Å². The normalized spacial score (nSPS) is 12.4. The van der Waals surface area contributed by atoms with Crippen molar-refractivity contribution in [2.45, 2.75) is 84.0 Å². The summed E-state index contributed by atoms with van der Waals surface area (Å²) in [6, 6.07) is 15.9. The molecule has 1 N–H and O–H groups in total. The molecule has 0 bridgehead atoms. The molecule has 1 heterocycles. The maximum atomic E-state index is 10.0. The van der Waals surface area contributed by atoms with Crippen LogP contribution in [0.2, 0.25) is 0 Å². The molecule has 5 heteroatoms. The van der Waals surface area contributed by atoms with Crippen LogP contribution in [0.3, 0.4) is 0 Å². The Balaban J connectivity index is 0. The number of para-hydroxylation sites is 1. The highest BCUT2D eigenvalue weighted by Crippen LogP contribution is 2.45. The topological polar surface area (TPSA) is 49.8 Å². The third-order valence-electron chi connectivity index (χ3n) is 6.25. The fraction of sp³-hybridized carbons (Fsp3) is 0.500. The molecule has 0 fully saturated rings. The van der Waals surface area contributed by atoms with Crippen molar-refractivity contribution in [1.82, 2.24) is 0 Å². The van der Waals surface area contributed by atoms with Crippen LogP contribution in [0.4, 0.5) is 5.69 Å². The van der Waals surface area contributed by atoms with Crippen molar-refractivity contribution in [3.8, 4) is 31.4 Å². The number of anilines is 1. The van der Waals surface area contributed by atoms with Crippen LogP contribution in [-0.4, -0.2) is 37.5 Å². The summed E-state index contributed by atoms with van der Waals surface area (Å²) in [7, 11) is 4.27. The molecule has 3 rings (SSSR count). The van der Waals surface area contributed by atoms with Crippen LogP contribution in [0.15, 0.2) is 53.4 Å². The van der Waals surface area contributed by atoms with Crippen LogP contribution < -0.4 is 9.64 Å². The third-order valence-corrected chi connectivity index (χ3v) is 7.71. The number of nitrogens with zero attached hydrogens (tertiary/aromatic N) is 1. The van der Waals surface area contributed by atoms with E-state index < -0.39 is 5.97 Å². The monoisotopic (exact) mass is 553 g/mol. The minimum Gasteiger partial charge on any atom is -0.482 e. The first-order valence-corrected chi connectivity index (χ1v) is 14.9. The number of carboxylic acids is 1. The first kappa shape index (κ1) is 38.1. The van der Waals surface area contributed by atoms with Crippen LogP contribution in [-0.2, 0) is 11.2 Å². The van der Waals surface area contributed by atoms with Gasteiger partial charge in [0.1, 0.15) is 5.75 Å². The Morgan fingerprint density at radius 3 is 2.03 bits per heavy atom. The van der Waals surface area contributed by atoms with Crippen molar-refractivity contribution in [1.29, 1.82) is 0 Å². The van der Waals surface area contributed by atoms with E-state index in [2.05, 4.69) is 88.5 Å². The molecule has 39 heavy (non-hydrogen) atoms. The van der Waals surface area contributed by atoms with Crippen LogP contribution in [0, 0.1) is 31.1 Å². The molecule has 0 radical (unpaired) electrons. The number of hydrogen-bond donors (Lipinski definition) is 1. The zero-order chi connectivity index (χ0) is 30.1. The lowest BCUT2D eigenvalue weighted by molar-refractivity contribution is -0.139. The standard InChI is InChI=1S/C20H33NS.C8H8O3.C2H6.2C2H2/c1-5-7-12-20(13-8-6-2)14-11-17-15-18(21(3)4)9-10-19(17)22-16-20;9-8(10)6-11-7-4-2-1-3-5-7;3*1-2/h9-10,15H,5-8,11-14,16H2,1-4H3;1-5H,6H2,(H,9,10);1-2H3;2*1-2H. The van der Waals surface area contributed by atoms with Gasteiger partial charge in [-0.1, -0.05) is 71.6 Å². The lowest BCUT2D eigenvalue weighted by Gasteiger charge is -2.32. The Kier molecular flexibility index (Phi) is 23.5. The predicted octanol–water partition coefficient (Wildman–Crippen LogP) is 8.83. The van der Waals surface area contributed by atoms with Gasteiger partial charge in [0.25, 0.3) is 0 Å². The van der Waals surface area contributed by atoms with Gasteiger partial charge in [0.2, 0.25) is 0 Å². The van der Waals surface area contributed by atoms with Gasteiger partial charge in [-0.15, -0.1) is 37.5 Å². The fourth-order valence-corrected chi connectivity index (χ4v) is 5.57. The summed E-state index contributed by atoms with van der Waals surface area (Å²) in [5.41, 5.74) is 3.49. The van der Waals surface area contributed by atoms with Gasteiger partial charge in [0, 0.05) is 30.4 Å². The van der Waals surface area contributed by atoms with Crippen molar-refractivity contribution >= 4 is 23.4 Å². The Morgan fingerprint density at radius 1 is 0.974 bits per heavy atom. The highest BCUT2D eigenvalue weighted by atomic mass is 32.2. The maximum Gasteiger partial charge on any atom is 0.341 e. The Labute approximate surface area is 243 Å². The van der Waals surface area contributed by atoms with Gasteiger partial charge < -0.3 is 14.7 Å². The summed E-state index contributed by atoms with van der Waals surface area (Å²) in [6.45, 7) is 8.37. The second-order valence-electron chi connectivity index (χ2n) is 9.18. The SMILES string of the molecule is C#C.C#C.CC.CCCCC1(CCCC)CCc2cc(N(C)C)ccc2SC1.O=C(O)COc1ccccc1. The summed E-state index contributed by atoms with van der Waals surface area (Å²) in [4.78, 5) is 13.8. The van der Waals surface area contributed by atoms with E-state index in [0.717, 1.165) is 0 Å². The van der Waals surface area contributed by atoms with Crippen molar-refractivity contribution in [3.63, 3.8) is 0 Å². The quantitative estimate of drug-likeness (QED) is 0.298. The Morgan fingerprint density at radius 2 is 1.54 bits per heavy atom. The first-order chi connectivity index (χ1) is 18.9. The predicted molar refractivity (Wildman–Crippen MR) is 172 cm³/mol. The number of fused-ring (bicyclic) bond motifs is 1. The molecule has 4 nitrogen and oxygen atoms in total. The van der Waals surface area contributed by atoms with Gasteiger partial charge in [0.05, 0.1) is 0 Å². The molecule has 0 saturated heterocycles. The van der Waals surface area contributed by atoms with E-state index in [9.17, 15) is 4.79 Å². The van der Waals surface area contributed by atoms with E-state index in [-0.39, 0.29) is 6.61 Å². The number of carboxylic acid groups (broad SMARTS) is 1. The molecular weight excluding hydrogens is 502 g/mol. The summed E-state index contributed by atoms with van der Waals surface area (Å²) in [6.07, 6.45) is 26.9. The molecule has 216 valence electrons. The molecule has 0 aliphatic carbocycles. The van der Waals surface area contributed by atoms with E-state index in [1.54, 1.807) is 29.8 Å². The van der Waals surface area contributed by atoms with Gasteiger partial charge in [-0.3, -0.25) is 0 Å². The number of terminal acetylenes is 2. The molecule has 0 amide bonds. The number of aryl methyl sites for hydroxylation is 1. The van der Waals surface area contributed by atoms with Crippen molar-refractivity contribution in [2.24, 2.45) is 5.41 Å². The highest BCUT2D eigenvalue weighted by Gasteiger charge is 2.31. The minimum absolute atomic E-state index is 0.288. The molecule has 0 unspecified atom stereocenters. The number of ether oxygens (including phenoxy) is 1. The lowest BCUT2D eigenvalue weighted by Crippen LogP contribution is -2.24. The molecule has 2 aromatic rings. The summed E-state index contributed by atoms with van der Waals surface area (Å²) in [5, 5.41) is 8.25. The van der Waals surface area contributed by atoms with Gasteiger partial charge in [-0.2, -0.15) is 0 Å². The minimum atomic E-state index is -0.964. The van der Waals surface area contributed by atoms with Crippen molar-refractivity contribution in [3.05, 3.63) is 54.1 Å². The summed E-state index contributed by atoms with van der Waals surface area (Å²) < 4.78 is 4.87. The van der Waals surface area contributed by atoms with E-state index in [1.165, 1.54) is 67.7 Å². The Bertz CT molecular complexity index is 908. The van der Waals surface area contributed by atoms with Crippen LogP contribution in [0.25, 0.3) is 0 Å². The van der Waals surface area contributed by atoms with Crippen LogP contribution in [0.5, 0.6) is 5.75 Å². The lowest BCUT2D eigenvalue weighted by atomic mass is 9.75. The molecule has 1 aliphatic heterocycles. The maximum absolute atomic E-state index is 10.0. The zero-order valence-electron chi connectivity index (χ0n) is 25.1. The van der Waals surface area contributed by atoms with Gasteiger partial charge >= 0.3 is 5.97 Å². The van der Waals surface area contributed by atoms with Gasteiger partial charge in [-0.05, 0) is 67.0 Å². The second-order valence-corrected chi connectivity index (χ2v) is 10.2. The van der Waals surface area contributed by atoms with Crippen LogP contribution in [0.1, 0.15) is 78.2 Å². The number of thioether (sulfide) groups is 1. The molecule has 0 spiro atoms. The van der Waals surface area contributed by atoms with Crippen molar-refractivity contribution < 1.29 is 14.6 Å². The largest absolute Gasteiger partial charge is 0.482 e. The van der Waals surface area contributed by atoms with Crippen LogP contribution >= 0.6 is 11.8 Å². The number of rotatable bonds is 10. The highest BCUT2D eigenvalue weighted by molar-refractivity contribution is 7.99. The molecule has 0 saturated carbocycles. The number of hydrogen-bond acceptors (Lipinski definition) is 4. The molecule has 0 aromatic heterocycles. The molecule has 0 atom stereocenters. The fourth-order valence-electron chi connectivity index (χ4n) is 4.17. The Hall–Kier alpha value is -3.02. The number of aliphatic carboxylic acids is 1. The van der Waals surface area contributed by atoms with E-state index >= 15 is 0 Å². The van der Waals surface area contributed by atoms with Gasteiger partial charge in [0.15, 0.2) is 6.61 Å². The van der Waals surface area contributed by atoms with E-state index in [0.29, 0.717) is 11.2 Å². The van der Waals surface area contributed by atoms with E-state index in [4.69, 9.17) is 9.84 Å². The molecular formula is C34H51NO3S. The number of carbonyl (C=O) groups is 1. The van der Waals surface area contributed by atoms with Crippen molar-refractivity contribution in [2.75, 3.05) is 31.4 Å². The third kappa shape index (κ3) is 15.9. The first-order valence-electron chi connectivity index (χ1n) is 13.9. The molecule has 2 aromatic carbocycles. The number of unbranched alkanes of at least 4 members (excludes halogenated alkanes) is 2. The van der Waals surface area contributed by atoms with E-state index in [1.807, 2.05) is 19.9 Å². The molecule has 1 aliphatic rings. The average molecular weight is 554 g/mol. The number of benzene rings is 2. The second kappa shape index (κ2) is 24.1. The summed E-state index contributed by atoms with van der Waals surface area (Å²) >= 11 is 2.12. The zero-order valence-corrected chi connectivity index (χ0v) is 25.9. The summed E-state index contributed by atoms with van der Waals surface area (Å²) in [5.74, 6) is 0.935. The average Bonchev–Trinajstić information content (AvgIpc) is 3.17. The smallest absolute Gasteiger partial charge is 0.341 e.